The molecule has 5 nitrogen and oxygen atoms in total. The van der Waals surface area contributed by atoms with E-state index >= 15 is 0 Å². The maximum atomic E-state index is 12.8. The lowest BCUT2D eigenvalue weighted by molar-refractivity contribution is 0.268. The van der Waals surface area contributed by atoms with Crippen molar-refractivity contribution in [2.45, 2.75) is 5.78 Å². The molecule has 0 aliphatic rings. The van der Waals surface area contributed by atoms with Crippen LogP contribution < -0.4 is 5.32 Å². The molecule has 0 saturated heterocycles. The fourth-order valence-electron chi connectivity index (χ4n) is 2.02. The summed E-state index contributed by atoms with van der Waals surface area (Å²) < 4.78 is 23.0. The third-order valence-electron chi connectivity index (χ3n) is 3.13. The largest absolute Gasteiger partial charge is 0.508 e. The second-order valence-electron chi connectivity index (χ2n) is 4.38. The van der Waals surface area contributed by atoms with Gasteiger partial charge in [-0.1, -0.05) is 36.4 Å². The number of aromatic hydroxyl groups is 1. The van der Waals surface area contributed by atoms with Crippen molar-refractivity contribution in [1.29, 1.82) is 0 Å². The number of phenolic OH excluding ortho intramolecular Hbond substituents is 1. The zero-order valence-electron chi connectivity index (χ0n) is 11.9. The Bertz CT molecular complexity index is 625. The normalized spacial score (nSPS) is 12.9. The fraction of sp³-hybridized carbons (Fsp3) is 0.200. The molecule has 0 aromatic heterocycles. The lowest BCUT2D eigenvalue weighted by atomic mass is 10.2. The molecule has 0 unspecified atom stereocenters. The summed E-state index contributed by atoms with van der Waals surface area (Å²) in [5.41, 5.74) is 1.20. The minimum atomic E-state index is -3.48. The summed E-state index contributed by atoms with van der Waals surface area (Å²) in [5.74, 6) is -0.781. The van der Waals surface area contributed by atoms with Gasteiger partial charge in [-0.2, -0.15) is 0 Å². The molecule has 0 spiro atoms. The molecular weight excluding hydrogens is 289 g/mol. The van der Waals surface area contributed by atoms with Gasteiger partial charge in [0.1, 0.15) is 5.75 Å². The van der Waals surface area contributed by atoms with Crippen LogP contribution >= 0.6 is 7.60 Å². The zero-order valence-corrected chi connectivity index (χ0v) is 12.8. The first-order valence-corrected chi connectivity index (χ1v) is 8.02. The van der Waals surface area contributed by atoms with Crippen molar-refractivity contribution in [1.82, 2.24) is 0 Å². The van der Waals surface area contributed by atoms with Gasteiger partial charge in [0, 0.05) is 25.5 Å². The van der Waals surface area contributed by atoms with Gasteiger partial charge in [-0.05, 0) is 18.2 Å². The van der Waals surface area contributed by atoms with E-state index in [0.717, 1.165) is 5.69 Å². The van der Waals surface area contributed by atoms with Crippen molar-refractivity contribution >= 4 is 13.3 Å². The van der Waals surface area contributed by atoms with Crippen molar-refractivity contribution in [2.24, 2.45) is 0 Å². The average Bonchev–Trinajstić information content (AvgIpc) is 2.54. The highest BCUT2D eigenvalue weighted by molar-refractivity contribution is 7.54. The summed E-state index contributed by atoms with van der Waals surface area (Å²) in [7, 11) is -0.830. The number of hydrogen-bond acceptors (Lipinski definition) is 5. The quantitative estimate of drug-likeness (QED) is 0.790. The number of rotatable bonds is 6. The molecule has 0 saturated carbocycles. The van der Waals surface area contributed by atoms with Gasteiger partial charge in [0.05, 0.1) is 0 Å². The standard InChI is InChI=1S/C15H18NO4P/c1-19-21(18,20-2)15(13-10-6-7-11-14(13)17)16-12-8-4-3-5-9-12/h3-11,15-17H,1-2H3/t15-/m0/s1. The van der Waals surface area contributed by atoms with E-state index in [-0.39, 0.29) is 5.75 Å². The van der Waals surface area contributed by atoms with Crippen molar-refractivity contribution in [3.05, 3.63) is 60.2 Å². The molecule has 2 aromatic rings. The van der Waals surface area contributed by atoms with Gasteiger partial charge in [0.2, 0.25) is 0 Å². The molecule has 0 aliphatic heterocycles. The Hall–Kier alpha value is -1.81. The van der Waals surface area contributed by atoms with Gasteiger partial charge in [-0.3, -0.25) is 4.57 Å². The molecule has 0 radical (unpaired) electrons. The van der Waals surface area contributed by atoms with Crippen LogP contribution in [0.2, 0.25) is 0 Å². The van der Waals surface area contributed by atoms with Crippen LogP contribution in [0.5, 0.6) is 5.75 Å². The molecular formula is C15H18NO4P. The predicted octanol–water partition coefficient (Wildman–Crippen LogP) is 3.99. The first-order valence-electron chi connectivity index (χ1n) is 6.41. The van der Waals surface area contributed by atoms with Crippen molar-refractivity contribution < 1.29 is 18.7 Å². The minimum absolute atomic E-state index is 0.0280. The van der Waals surface area contributed by atoms with E-state index in [2.05, 4.69) is 5.32 Å². The SMILES string of the molecule is COP(=O)(OC)[C@H](Nc1ccccc1)c1ccccc1O. The van der Waals surface area contributed by atoms with Crippen LogP contribution in [0.15, 0.2) is 54.6 Å². The van der Waals surface area contributed by atoms with Crippen molar-refractivity contribution in [2.75, 3.05) is 19.5 Å². The lowest BCUT2D eigenvalue weighted by Crippen LogP contribution is -2.13. The molecule has 112 valence electrons. The highest BCUT2D eigenvalue weighted by Crippen LogP contribution is 2.60. The second-order valence-corrected chi connectivity index (χ2v) is 6.70. The molecule has 0 amide bonds. The van der Waals surface area contributed by atoms with Crippen LogP contribution in [-0.2, 0) is 13.6 Å². The molecule has 2 N–H and O–H groups in total. The van der Waals surface area contributed by atoms with Gasteiger partial charge in [0.15, 0.2) is 5.78 Å². The summed E-state index contributed by atoms with van der Waals surface area (Å²) >= 11 is 0. The maximum absolute atomic E-state index is 12.8. The maximum Gasteiger partial charge on any atom is 0.356 e. The Morgan fingerprint density at radius 3 is 2.14 bits per heavy atom. The monoisotopic (exact) mass is 307 g/mol. The van der Waals surface area contributed by atoms with E-state index in [1.807, 2.05) is 30.3 Å². The molecule has 0 bridgehead atoms. The molecule has 0 aliphatic carbocycles. The van der Waals surface area contributed by atoms with E-state index in [0.29, 0.717) is 5.56 Å². The average molecular weight is 307 g/mol. The summed E-state index contributed by atoms with van der Waals surface area (Å²) in [6.45, 7) is 0. The number of anilines is 1. The minimum Gasteiger partial charge on any atom is -0.508 e. The Morgan fingerprint density at radius 2 is 1.57 bits per heavy atom. The fourth-order valence-corrected chi connectivity index (χ4v) is 3.46. The number of benzene rings is 2. The van der Waals surface area contributed by atoms with Crippen LogP contribution in [0.4, 0.5) is 5.69 Å². The Labute approximate surface area is 124 Å². The van der Waals surface area contributed by atoms with Crippen LogP contribution in [0.1, 0.15) is 11.3 Å². The molecule has 2 aromatic carbocycles. The summed E-state index contributed by atoms with van der Waals surface area (Å²) in [6, 6.07) is 15.9. The summed E-state index contributed by atoms with van der Waals surface area (Å²) in [5, 5.41) is 13.1. The highest BCUT2D eigenvalue weighted by atomic mass is 31.2. The second kappa shape index (κ2) is 6.76. The molecule has 2 rings (SSSR count). The Morgan fingerprint density at radius 1 is 1.00 bits per heavy atom. The van der Waals surface area contributed by atoms with Gasteiger partial charge < -0.3 is 19.5 Å². The number of para-hydroxylation sites is 2. The first kappa shape index (κ1) is 15.6. The van der Waals surface area contributed by atoms with E-state index in [4.69, 9.17) is 9.05 Å². The van der Waals surface area contributed by atoms with E-state index in [1.165, 1.54) is 20.3 Å². The highest BCUT2D eigenvalue weighted by Gasteiger charge is 2.37. The first-order chi connectivity index (χ1) is 10.1. The lowest BCUT2D eigenvalue weighted by Gasteiger charge is -2.27. The topological polar surface area (TPSA) is 67.8 Å². The van der Waals surface area contributed by atoms with Gasteiger partial charge in [0.25, 0.3) is 0 Å². The molecule has 0 heterocycles. The van der Waals surface area contributed by atoms with E-state index in [9.17, 15) is 9.67 Å². The van der Waals surface area contributed by atoms with Crippen LogP contribution in [0.3, 0.4) is 0 Å². The van der Waals surface area contributed by atoms with E-state index < -0.39 is 13.4 Å². The zero-order chi connectivity index (χ0) is 15.3. The van der Waals surface area contributed by atoms with Crippen molar-refractivity contribution in [3.8, 4) is 5.75 Å². The predicted molar refractivity (Wildman–Crippen MR) is 82.5 cm³/mol. The number of nitrogens with one attached hydrogen (secondary N) is 1. The summed E-state index contributed by atoms with van der Waals surface area (Å²) in [4.78, 5) is 0. The number of phenols is 1. The molecule has 0 fully saturated rings. The van der Waals surface area contributed by atoms with Gasteiger partial charge in [-0.15, -0.1) is 0 Å². The molecule has 6 heteroatoms. The summed E-state index contributed by atoms with van der Waals surface area (Å²) in [6.07, 6.45) is 0. The van der Waals surface area contributed by atoms with Crippen LogP contribution in [-0.4, -0.2) is 19.3 Å². The van der Waals surface area contributed by atoms with Gasteiger partial charge >= 0.3 is 7.60 Å². The smallest absolute Gasteiger partial charge is 0.356 e. The third-order valence-corrected chi connectivity index (χ3v) is 5.19. The van der Waals surface area contributed by atoms with Crippen molar-refractivity contribution in [3.63, 3.8) is 0 Å². The number of hydrogen-bond donors (Lipinski definition) is 2. The molecule has 1 atom stereocenters. The van der Waals surface area contributed by atoms with E-state index in [1.54, 1.807) is 18.2 Å². The Balaban J connectivity index is 2.45. The molecule has 21 heavy (non-hydrogen) atoms. The van der Waals surface area contributed by atoms with Crippen LogP contribution in [0.25, 0.3) is 0 Å². The third kappa shape index (κ3) is 3.45. The Kier molecular flexibility index (Phi) is 5.02. The van der Waals surface area contributed by atoms with Crippen LogP contribution in [0, 0.1) is 0 Å². The van der Waals surface area contributed by atoms with Gasteiger partial charge in [-0.25, -0.2) is 0 Å².